The first-order valence-electron chi connectivity index (χ1n) is 10.5. The molecule has 1 aliphatic rings. The second kappa shape index (κ2) is 8.00. The molecule has 168 valence electrons. The maximum atomic E-state index is 12.6. The van der Waals surface area contributed by atoms with Crippen molar-refractivity contribution >= 4 is 34.2 Å². The number of rotatable bonds is 4. The molecule has 0 saturated carbocycles. The molecule has 0 radical (unpaired) electrons. The number of halogens is 1. The van der Waals surface area contributed by atoms with Gasteiger partial charge in [0, 0.05) is 35.3 Å². The number of H-pyrrole nitrogens is 1. The number of anilines is 1. The molecule has 0 bridgehead atoms. The van der Waals surface area contributed by atoms with Gasteiger partial charge < -0.3 is 14.4 Å². The summed E-state index contributed by atoms with van der Waals surface area (Å²) in [6, 6.07) is 12.2. The molecule has 0 spiro atoms. The number of benzene rings is 2. The number of carbonyl (C=O) groups excluding carboxylic acids is 1. The van der Waals surface area contributed by atoms with Gasteiger partial charge in [0.2, 0.25) is 17.6 Å². The van der Waals surface area contributed by atoms with Gasteiger partial charge >= 0.3 is 11.1 Å². The Morgan fingerprint density at radius 2 is 1.97 bits per heavy atom. The van der Waals surface area contributed by atoms with Crippen LogP contribution in [0.25, 0.3) is 22.4 Å². The Kier molecular flexibility index (Phi) is 5.13. The lowest BCUT2D eigenvalue weighted by atomic mass is 10.1. The van der Waals surface area contributed by atoms with Gasteiger partial charge in [-0.1, -0.05) is 22.8 Å². The van der Waals surface area contributed by atoms with Crippen LogP contribution in [0.2, 0.25) is 5.02 Å². The van der Waals surface area contributed by atoms with Crippen molar-refractivity contribution in [3.63, 3.8) is 0 Å². The summed E-state index contributed by atoms with van der Waals surface area (Å²) in [7, 11) is 0. The number of aromatic amines is 1. The summed E-state index contributed by atoms with van der Waals surface area (Å²) in [5.41, 5.74) is 1.18. The fourth-order valence-corrected chi connectivity index (χ4v) is 4.36. The second-order valence-electron chi connectivity index (χ2n) is 8.30. The Bertz CT molecular complexity index is 1500. The van der Waals surface area contributed by atoms with Crippen molar-refractivity contribution in [2.24, 2.45) is 0 Å². The molecule has 10 heteroatoms. The van der Waals surface area contributed by atoms with E-state index < -0.39 is 11.1 Å². The fourth-order valence-electron chi connectivity index (χ4n) is 4.18. The minimum Gasteiger partial charge on any atom is -0.339 e. The van der Waals surface area contributed by atoms with Gasteiger partial charge in [-0.05, 0) is 50.2 Å². The third-order valence-corrected chi connectivity index (χ3v) is 5.96. The van der Waals surface area contributed by atoms with E-state index in [1.54, 1.807) is 41.3 Å². The molecule has 5 rings (SSSR count). The molecule has 1 atom stereocenters. The second-order valence-corrected chi connectivity index (χ2v) is 8.73. The van der Waals surface area contributed by atoms with E-state index in [0.29, 0.717) is 39.9 Å². The highest BCUT2D eigenvalue weighted by Crippen LogP contribution is 2.33. The highest BCUT2D eigenvalue weighted by molar-refractivity contribution is 6.30. The summed E-state index contributed by atoms with van der Waals surface area (Å²) in [5.74, 6) is 0.411. The molecular formula is C23H20ClN5O4. The highest BCUT2D eigenvalue weighted by Gasteiger charge is 2.35. The number of nitrogens with one attached hydrogen (secondary N) is 1. The number of aromatic nitrogens is 4. The molecule has 2 aromatic carbocycles. The quantitative estimate of drug-likeness (QED) is 0.461. The normalized spacial score (nSPS) is 16.3. The average molecular weight is 466 g/mol. The van der Waals surface area contributed by atoms with Crippen molar-refractivity contribution in [1.29, 1.82) is 0 Å². The highest BCUT2D eigenvalue weighted by atomic mass is 35.5. The Morgan fingerprint density at radius 1 is 1.15 bits per heavy atom. The van der Waals surface area contributed by atoms with Gasteiger partial charge in [0.05, 0.1) is 17.0 Å². The maximum absolute atomic E-state index is 12.6. The molecule has 4 aromatic rings. The third kappa shape index (κ3) is 3.74. The van der Waals surface area contributed by atoms with E-state index in [2.05, 4.69) is 15.1 Å². The molecule has 9 nitrogen and oxygen atoms in total. The van der Waals surface area contributed by atoms with E-state index in [0.717, 1.165) is 5.69 Å². The molecule has 2 aromatic heterocycles. The van der Waals surface area contributed by atoms with Crippen molar-refractivity contribution in [2.45, 2.75) is 32.2 Å². The molecule has 33 heavy (non-hydrogen) atoms. The lowest BCUT2D eigenvalue weighted by Gasteiger charge is -2.16. The summed E-state index contributed by atoms with van der Waals surface area (Å²) in [4.78, 5) is 45.7. The van der Waals surface area contributed by atoms with Gasteiger partial charge in [-0.3, -0.25) is 19.0 Å². The first kappa shape index (κ1) is 21.1. The summed E-state index contributed by atoms with van der Waals surface area (Å²) < 4.78 is 6.94. The molecule has 3 heterocycles. The van der Waals surface area contributed by atoms with Crippen LogP contribution in [-0.2, 0) is 4.79 Å². The SMILES string of the molecule is CC(C)n1c(=O)c(=O)[nH]c2cc(-c3noc(C4CC(=O)N(c5cccc(Cl)c5)C4)n3)ccc21. The van der Waals surface area contributed by atoms with Crippen LogP contribution < -0.4 is 16.0 Å². The van der Waals surface area contributed by atoms with Crippen LogP contribution in [0.4, 0.5) is 5.69 Å². The number of fused-ring (bicyclic) bond motifs is 1. The van der Waals surface area contributed by atoms with Gasteiger partial charge in [-0.25, -0.2) is 0 Å². The maximum Gasteiger partial charge on any atom is 0.316 e. The number of hydrogen-bond acceptors (Lipinski definition) is 6. The molecule has 1 saturated heterocycles. The van der Waals surface area contributed by atoms with Gasteiger partial charge in [0.1, 0.15) is 0 Å². The van der Waals surface area contributed by atoms with E-state index in [4.69, 9.17) is 16.1 Å². The topological polar surface area (TPSA) is 114 Å². The van der Waals surface area contributed by atoms with Gasteiger partial charge in [-0.2, -0.15) is 4.98 Å². The van der Waals surface area contributed by atoms with Crippen LogP contribution in [0.3, 0.4) is 0 Å². The minimum absolute atomic E-state index is 0.0445. The summed E-state index contributed by atoms with van der Waals surface area (Å²) >= 11 is 6.06. The van der Waals surface area contributed by atoms with Crippen LogP contribution in [0.5, 0.6) is 0 Å². The first-order valence-corrected chi connectivity index (χ1v) is 10.9. The number of nitrogens with zero attached hydrogens (tertiary/aromatic N) is 4. The lowest BCUT2D eigenvalue weighted by molar-refractivity contribution is -0.117. The van der Waals surface area contributed by atoms with E-state index >= 15 is 0 Å². The summed E-state index contributed by atoms with van der Waals surface area (Å²) in [5, 5.41) is 4.63. The fraction of sp³-hybridized carbons (Fsp3) is 0.261. The number of carbonyl (C=O) groups is 1. The predicted octanol–water partition coefficient (Wildman–Crippen LogP) is 3.49. The Balaban J connectivity index is 1.45. The van der Waals surface area contributed by atoms with E-state index in [1.807, 2.05) is 19.9 Å². The zero-order valence-corrected chi connectivity index (χ0v) is 18.7. The Hall–Kier alpha value is -3.72. The van der Waals surface area contributed by atoms with Crippen LogP contribution in [0.15, 0.2) is 56.6 Å². The lowest BCUT2D eigenvalue weighted by Crippen LogP contribution is -2.37. The largest absolute Gasteiger partial charge is 0.339 e. The van der Waals surface area contributed by atoms with E-state index in [-0.39, 0.29) is 24.3 Å². The minimum atomic E-state index is -0.687. The predicted molar refractivity (Wildman–Crippen MR) is 124 cm³/mol. The molecule has 0 aliphatic carbocycles. The van der Waals surface area contributed by atoms with E-state index in [9.17, 15) is 14.4 Å². The Labute approximate surface area is 192 Å². The Morgan fingerprint density at radius 3 is 2.73 bits per heavy atom. The van der Waals surface area contributed by atoms with Crippen LogP contribution in [-0.4, -0.2) is 32.1 Å². The van der Waals surface area contributed by atoms with Gasteiger partial charge in [0.25, 0.3) is 0 Å². The van der Waals surface area contributed by atoms with Crippen molar-refractivity contribution < 1.29 is 9.32 Å². The van der Waals surface area contributed by atoms with Crippen molar-refractivity contribution in [2.75, 3.05) is 11.4 Å². The molecule has 1 aliphatic heterocycles. The van der Waals surface area contributed by atoms with Crippen molar-refractivity contribution in [3.05, 3.63) is 74.1 Å². The van der Waals surface area contributed by atoms with E-state index in [1.165, 1.54) is 4.57 Å². The molecular weight excluding hydrogens is 446 g/mol. The first-order chi connectivity index (χ1) is 15.8. The number of hydrogen-bond donors (Lipinski definition) is 1. The monoisotopic (exact) mass is 465 g/mol. The summed E-state index contributed by atoms with van der Waals surface area (Å²) in [6.07, 6.45) is 0.250. The molecule has 1 fully saturated rings. The third-order valence-electron chi connectivity index (χ3n) is 5.73. The molecule has 1 amide bonds. The van der Waals surface area contributed by atoms with Gasteiger partial charge in [-0.15, -0.1) is 0 Å². The average Bonchev–Trinajstić information content (AvgIpc) is 3.41. The molecule has 1 unspecified atom stereocenters. The zero-order chi connectivity index (χ0) is 23.3. The number of amides is 1. The van der Waals surface area contributed by atoms with Crippen LogP contribution in [0, 0.1) is 0 Å². The smallest absolute Gasteiger partial charge is 0.316 e. The van der Waals surface area contributed by atoms with Crippen molar-refractivity contribution in [1.82, 2.24) is 19.7 Å². The standard InChI is InChI=1S/C23H20ClN5O4/c1-12(2)29-18-7-6-13(8-17(18)25-21(31)23(29)32)20-26-22(33-27-20)14-9-19(30)28(11-14)16-5-3-4-15(24)10-16/h3-8,10,12,14H,9,11H2,1-2H3,(H,25,31). The molecule has 1 N–H and O–H groups in total. The van der Waals surface area contributed by atoms with Crippen LogP contribution in [0.1, 0.15) is 38.1 Å². The summed E-state index contributed by atoms with van der Waals surface area (Å²) in [6.45, 7) is 4.09. The van der Waals surface area contributed by atoms with Crippen LogP contribution >= 0.6 is 11.6 Å². The zero-order valence-electron chi connectivity index (χ0n) is 17.9. The van der Waals surface area contributed by atoms with Crippen molar-refractivity contribution in [3.8, 4) is 11.4 Å². The van der Waals surface area contributed by atoms with Gasteiger partial charge in [0.15, 0.2) is 0 Å².